The first-order valence-electron chi connectivity index (χ1n) is 5.96. The molecule has 0 fully saturated rings. The molecular formula is C13H20N2O4. The van der Waals surface area contributed by atoms with Gasteiger partial charge in [0.2, 0.25) is 0 Å². The zero-order chi connectivity index (χ0) is 14.8. The molecule has 0 saturated heterocycles. The largest absolute Gasteiger partial charge is 0.444 e. The molecule has 0 aliphatic rings. The monoisotopic (exact) mass is 268 g/mol. The summed E-state index contributed by atoms with van der Waals surface area (Å²) in [5.74, 6) is 0.491. The Labute approximate surface area is 112 Å². The van der Waals surface area contributed by atoms with E-state index in [4.69, 9.17) is 9.26 Å². The summed E-state index contributed by atoms with van der Waals surface area (Å²) in [4.78, 5) is 24.8. The predicted octanol–water partition coefficient (Wildman–Crippen LogP) is 2.26. The highest BCUT2D eigenvalue weighted by Crippen LogP contribution is 2.28. The van der Waals surface area contributed by atoms with Gasteiger partial charge in [-0.15, -0.1) is 0 Å². The van der Waals surface area contributed by atoms with E-state index >= 15 is 0 Å². The smallest absolute Gasteiger partial charge is 0.411 e. The number of hydrogen-bond acceptors (Lipinski definition) is 5. The van der Waals surface area contributed by atoms with E-state index in [2.05, 4.69) is 5.16 Å². The highest BCUT2D eigenvalue weighted by atomic mass is 16.6. The van der Waals surface area contributed by atoms with Crippen LogP contribution in [0.25, 0.3) is 0 Å². The van der Waals surface area contributed by atoms with Gasteiger partial charge in [0.15, 0.2) is 0 Å². The number of amides is 1. The fourth-order valence-electron chi connectivity index (χ4n) is 1.63. The number of carbonyl (C=O) groups excluding carboxylic acids is 2. The highest BCUT2D eigenvalue weighted by Gasteiger charge is 2.39. The number of hydrogen-bond donors (Lipinski definition) is 0. The first kappa shape index (κ1) is 15.2. The number of nitrogens with zero attached hydrogens (tertiary/aromatic N) is 2. The van der Waals surface area contributed by atoms with Crippen LogP contribution in [0.1, 0.15) is 39.0 Å². The number of aldehydes is 1. The van der Waals surface area contributed by atoms with Crippen molar-refractivity contribution < 1.29 is 18.8 Å². The minimum absolute atomic E-state index is 0.491. The van der Waals surface area contributed by atoms with E-state index < -0.39 is 17.2 Å². The Bertz CT molecular complexity index is 475. The van der Waals surface area contributed by atoms with E-state index in [-0.39, 0.29) is 0 Å². The summed E-state index contributed by atoms with van der Waals surface area (Å²) in [7, 11) is 1.51. The van der Waals surface area contributed by atoms with Gasteiger partial charge in [-0.2, -0.15) is 0 Å². The molecule has 1 atom stereocenters. The van der Waals surface area contributed by atoms with Crippen LogP contribution in [0.2, 0.25) is 0 Å². The molecule has 1 unspecified atom stereocenters. The van der Waals surface area contributed by atoms with Gasteiger partial charge in [-0.1, -0.05) is 5.16 Å². The summed E-state index contributed by atoms with van der Waals surface area (Å²) in [6.07, 6.45) is 1.53. The number of aromatic nitrogens is 1. The molecule has 1 aromatic rings. The lowest BCUT2D eigenvalue weighted by atomic mass is 9.93. The van der Waals surface area contributed by atoms with Crippen LogP contribution in [0, 0.1) is 6.92 Å². The van der Waals surface area contributed by atoms with Gasteiger partial charge in [-0.25, -0.2) is 4.79 Å². The molecule has 6 heteroatoms. The second-order valence-corrected chi connectivity index (χ2v) is 5.60. The van der Waals surface area contributed by atoms with Crippen LogP contribution in [-0.2, 0) is 15.1 Å². The predicted molar refractivity (Wildman–Crippen MR) is 68.7 cm³/mol. The molecule has 0 aliphatic heterocycles. The van der Waals surface area contributed by atoms with Crippen molar-refractivity contribution >= 4 is 12.4 Å². The summed E-state index contributed by atoms with van der Waals surface area (Å²) in [6, 6.07) is 0. The second-order valence-electron chi connectivity index (χ2n) is 5.60. The third-order valence-corrected chi connectivity index (χ3v) is 2.89. The van der Waals surface area contributed by atoms with Crippen molar-refractivity contribution in [3.63, 3.8) is 0 Å². The summed E-state index contributed by atoms with van der Waals surface area (Å²) in [5.41, 5.74) is -1.26. The van der Waals surface area contributed by atoms with Crippen molar-refractivity contribution in [1.82, 2.24) is 10.1 Å². The molecule has 0 N–H and O–H groups in total. The maximum Gasteiger partial charge on any atom is 0.411 e. The molecule has 0 saturated carbocycles. The highest BCUT2D eigenvalue weighted by molar-refractivity contribution is 5.78. The number of likely N-dealkylation sites (N-methyl/N-ethyl adjacent to an activating group) is 1. The Balaban J connectivity index is 3.06. The minimum Gasteiger partial charge on any atom is -0.444 e. The van der Waals surface area contributed by atoms with Crippen molar-refractivity contribution in [2.45, 2.75) is 45.8 Å². The van der Waals surface area contributed by atoms with E-state index in [1.165, 1.54) is 18.1 Å². The van der Waals surface area contributed by atoms with Crippen LogP contribution in [0.15, 0.2) is 10.7 Å². The van der Waals surface area contributed by atoms with Crippen molar-refractivity contribution in [2.24, 2.45) is 0 Å². The third kappa shape index (κ3) is 3.13. The lowest BCUT2D eigenvalue weighted by molar-refractivity contribution is -0.117. The maximum atomic E-state index is 12.1. The molecule has 19 heavy (non-hydrogen) atoms. The molecule has 1 aromatic heterocycles. The van der Waals surface area contributed by atoms with Gasteiger partial charge in [-0.3, -0.25) is 4.90 Å². The third-order valence-electron chi connectivity index (χ3n) is 2.89. The Hall–Kier alpha value is -1.85. The molecule has 1 rings (SSSR count). The Morgan fingerprint density at radius 2 is 2.00 bits per heavy atom. The van der Waals surface area contributed by atoms with Crippen LogP contribution >= 0.6 is 0 Å². The molecule has 0 spiro atoms. The molecule has 106 valence electrons. The Morgan fingerprint density at radius 3 is 2.37 bits per heavy atom. The Kier molecular flexibility index (Phi) is 4.03. The van der Waals surface area contributed by atoms with Crippen LogP contribution in [0.4, 0.5) is 4.79 Å². The van der Waals surface area contributed by atoms with E-state index in [0.29, 0.717) is 17.6 Å². The van der Waals surface area contributed by atoms with Crippen molar-refractivity contribution in [3.8, 4) is 0 Å². The van der Waals surface area contributed by atoms with Crippen LogP contribution < -0.4 is 0 Å². The van der Waals surface area contributed by atoms with E-state index in [9.17, 15) is 9.59 Å². The molecule has 0 bridgehead atoms. The molecule has 1 heterocycles. The van der Waals surface area contributed by atoms with E-state index in [1.807, 2.05) is 0 Å². The van der Waals surface area contributed by atoms with E-state index in [0.717, 1.165) is 0 Å². The number of ether oxygens (including phenoxy) is 1. The van der Waals surface area contributed by atoms with Crippen LogP contribution in [0.5, 0.6) is 0 Å². The van der Waals surface area contributed by atoms with Gasteiger partial charge >= 0.3 is 6.09 Å². The normalized spacial score (nSPS) is 14.6. The SMILES string of the molecule is Cc1oncc1C(C)(C=O)N(C)C(=O)OC(C)(C)C. The summed E-state index contributed by atoms with van der Waals surface area (Å²) >= 11 is 0. The van der Waals surface area contributed by atoms with Gasteiger partial charge in [0.1, 0.15) is 23.2 Å². The number of carbonyl (C=O) groups is 2. The average molecular weight is 268 g/mol. The quantitative estimate of drug-likeness (QED) is 0.786. The fourth-order valence-corrected chi connectivity index (χ4v) is 1.63. The van der Waals surface area contributed by atoms with Gasteiger partial charge in [0, 0.05) is 12.6 Å². The zero-order valence-corrected chi connectivity index (χ0v) is 12.2. The van der Waals surface area contributed by atoms with Gasteiger partial charge in [0.25, 0.3) is 0 Å². The molecule has 0 aromatic carbocycles. The minimum atomic E-state index is -1.17. The summed E-state index contributed by atoms with van der Waals surface area (Å²) < 4.78 is 10.2. The first-order valence-corrected chi connectivity index (χ1v) is 5.96. The zero-order valence-electron chi connectivity index (χ0n) is 12.2. The van der Waals surface area contributed by atoms with Crippen molar-refractivity contribution in [1.29, 1.82) is 0 Å². The second kappa shape index (κ2) is 5.03. The molecule has 0 radical (unpaired) electrons. The molecule has 6 nitrogen and oxygen atoms in total. The van der Waals surface area contributed by atoms with Crippen LogP contribution in [0.3, 0.4) is 0 Å². The lowest BCUT2D eigenvalue weighted by Gasteiger charge is -2.34. The topological polar surface area (TPSA) is 72.6 Å². The maximum absolute atomic E-state index is 12.1. The van der Waals surface area contributed by atoms with E-state index in [1.54, 1.807) is 34.6 Å². The standard InChI is InChI=1S/C13H20N2O4/c1-9-10(7-14-19-9)13(5,8-16)15(6)11(17)18-12(2,3)4/h7-8H,1-6H3. The Morgan fingerprint density at radius 1 is 1.42 bits per heavy atom. The summed E-state index contributed by atoms with van der Waals surface area (Å²) in [6.45, 7) is 8.60. The fraction of sp³-hybridized carbons (Fsp3) is 0.615. The lowest BCUT2D eigenvalue weighted by Crippen LogP contribution is -2.48. The molecule has 1 amide bonds. The molecular weight excluding hydrogens is 248 g/mol. The van der Waals surface area contributed by atoms with Crippen molar-refractivity contribution in [2.75, 3.05) is 7.05 Å². The summed E-state index contributed by atoms with van der Waals surface area (Å²) in [5, 5.41) is 3.64. The van der Waals surface area contributed by atoms with Gasteiger partial charge in [0.05, 0.1) is 6.20 Å². The average Bonchev–Trinajstić information content (AvgIpc) is 2.71. The van der Waals surface area contributed by atoms with Crippen molar-refractivity contribution in [3.05, 3.63) is 17.5 Å². The number of aryl methyl sites for hydroxylation is 1. The van der Waals surface area contributed by atoms with Crippen LogP contribution in [-0.4, -0.2) is 35.1 Å². The number of rotatable bonds is 3. The first-order chi connectivity index (χ1) is 8.62. The molecule has 0 aliphatic carbocycles. The van der Waals surface area contributed by atoms with Gasteiger partial charge < -0.3 is 14.1 Å². The van der Waals surface area contributed by atoms with Gasteiger partial charge in [-0.05, 0) is 34.6 Å².